The van der Waals surface area contributed by atoms with Crippen LogP contribution in [0.2, 0.25) is 0 Å². The van der Waals surface area contributed by atoms with E-state index in [1.807, 2.05) is 42.5 Å². The average Bonchev–Trinajstić information content (AvgIpc) is 2.91. The van der Waals surface area contributed by atoms with Crippen molar-refractivity contribution in [3.8, 4) is 5.75 Å². The van der Waals surface area contributed by atoms with Gasteiger partial charge in [0.05, 0.1) is 12.2 Å². The van der Waals surface area contributed by atoms with Crippen LogP contribution in [0.15, 0.2) is 48.7 Å². The second kappa shape index (κ2) is 5.33. The molecule has 2 heterocycles. The van der Waals surface area contributed by atoms with Crippen LogP contribution >= 0.6 is 0 Å². The smallest absolute Gasteiger partial charge is 0.264 e. The third-order valence-corrected chi connectivity index (χ3v) is 3.42. The normalized spacial score (nSPS) is 16.4. The van der Waals surface area contributed by atoms with Gasteiger partial charge in [-0.25, -0.2) is 0 Å². The van der Waals surface area contributed by atoms with Crippen LogP contribution in [0.1, 0.15) is 11.3 Å². The summed E-state index contributed by atoms with van der Waals surface area (Å²) in [7, 11) is 1.78. The van der Waals surface area contributed by atoms with Crippen LogP contribution in [0.4, 0.5) is 0 Å². The number of carbonyl (C=O) groups excluding carboxylic acids is 1. The number of likely N-dealkylation sites (N-methyl/N-ethyl adjacent to an activating group) is 1. The molecule has 0 saturated carbocycles. The average molecular weight is 268 g/mol. The van der Waals surface area contributed by atoms with Crippen LogP contribution in [-0.2, 0) is 17.8 Å². The van der Waals surface area contributed by atoms with Gasteiger partial charge < -0.3 is 9.64 Å². The molecular weight excluding hydrogens is 252 g/mol. The van der Waals surface area contributed by atoms with Gasteiger partial charge in [0, 0.05) is 19.7 Å². The zero-order valence-corrected chi connectivity index (χ0v) is 11.3. The first kappa shape index (κ1) is 12.7. The zero-order chi connectivity index (χ0) is 13.9. The molecule has 3 rings (SSSR count). The van der Waals surface area contributed by atoms with Crippen molar-refractivity contribution in [1.29, 1.82) is 0 Å². The lowest BCUT2D eigenvalue weighted by molar-refractivity contribution is -0.137. The van der Waals surface area contributed by atoms with Crippen LogP contribution < -0.4 is 4.74 Å². The maximum absolute atomic E-state index is 12.4. The summed E-state index contributed by atoms with van der Waals surface area (Å²) in [6.07, 6.45) is 1.96. The first-order valence-electron chi connectivity index (χ1n) is 6.63. The summed E-state index contributed by atoms with van der Waals surface area (Å²) in [5.41, 5.74) is 1.97. The van der Waals surface area contributed by atoms with E-state index in [1.54, 1.807) is 18.1 Å². The van der Waals surface area contributed by atoms with Crippen molar-refractivity contribution in [3.05, 3.63) is 59.9 Å². The second-order valence-electron chi connectivity index (χ2n) is 4.93. The number of benzene rings is 1. The van der Waals surface area contributed by atoms with Gasteiger partial charge in [0.15, 0.2) is 6.10 Å². The van der Waals surface area contributed by atoms with Crippen molar-refractivity contribution >= 4 is 5.91 Å². The SMILES string of the molecule is CN(Cc1ccccn1)C(=O)C1Cc2ccccc2O1. The molecule has 0 radical (unpaired) electrons. The molecule has 0 saturated heterocycles. The molecular formula is C16H16N2O2. The highest BCUT2D eigenvalue weighted by atomic mass is 16.5. The molecule has 1 amide bonds. The minimum Gasteiger partial charge on any atom is -0.480 e. The lowest BCUT2D eigenvalue weighted by Crippen LogP contribution is -2.38. The first-order valence-corrected chi connectivity index (χ1v) is 6.63. The number of hydrogen-bond donors (Lipinski definition) is 0. The highest BCUT2D eigenvalue weighted by molar-refractivity contribution is 5.82. The Hall–Kier alpha value is -2.36. The quantitative estimate of drug-likeness (QED) is 0.855. The molecule has 102 valence electrons. The molecule has 1 aromatic heterocycles. The van der Waals surface area contributed by atoms with Crippen LogP contribution in [0.5, 0.6) is 5.75 Å². The Morgan fingerprint density at radius 3 is 2.85 bits per heavy atom. The van der Waals surface area contributed by atoms with E-state index in [2.05, 4.69) is 4.98 Å². The topological polar surface area (TPSA) is 42.4 Å². The van der Waals surface area contributed by atoms with Crippen LogP contribution in [0.3, 0.4) is 0 Å². The number of carbonyl (C=O) groups is 1. The molecule has 0 spiro atoms. The highest BCUT2D eigenvalue weighted by Gasteiger charge is 2.30. The molecule has 0 fully saturated rings. The van der Waals surface area contributed by atoms with E-state index in [0.717, 1.165) is 17.0 Å². The number of nitrogens with zero attached hydrogens (tertiary/aromatic N) is 2. The number of amides is 1. The molecule has 1 atom stereocenters. The van der Waals surface area contributed by atoms with E-state index in [4.69, 9.17) is 4.74 Å². The lowest BCUT2D eigenvalue weighted by atomic mass is 10.1. The van der Waals surface area contributed by atoms with Crippen molar-refractivity contribution in [2.75, 3.05) is 7.05 Å². The third-order valence-electron chi connectivity index (χ3n) is 3.42. The Bertz CT molecular complexity index is 588. The Kier molecular flexibility index (Phi) is 3.37. The number of hydrogen-bond acceptors (Lipinski definition) is 3. The van der Waals surface area contributed by atoms with Crippen molar-refractivity contribution in [2.45, 2.75) is 19.1 Å². The van der Waals surface area contributed by atoms with Gasteiger partial charge in [0.2, 0.25) is 0 Å². The van der Waals surface area contributed by atoms with Crippen LogP contribution in [0.25, 0.3) is 0 Å². The number of aromatic nitrogens is 1. The fourth-order valence-electron chi connectivity index (χ4n) is 2.38. The summed E-state index contributed by atoms with van der Waals surface area (Å²) in [6.45, 7) is 0.496. The minimum atomic E-state index is -0.416. The zero-order valence-electron chi connectivity index (χ0n) is 11.3. The van der Waals surface area contributed by atoms with Crippen molar-refractivity contribution < 1.29 is 9.53 Å². The van der Waals surface area contributed by atoms with Gasteiger partial charge in [-0.15, -0.1) is 0 Å². The van der Waals surface area contributed by atoms with Crippen molar-refractivity contribution in [2.24, 2.45) is 0 Å². The molecule has 0 bridgehead atoms. The van der Waals surface area contributed by atoms with E-state index in [-0.39, 0.29) is 5.91 Å². The molecule has 4 heteroatoms. The van der Waals surface area contributed by atoms with Gasteiger partial charge in [-0.2, -0.15) is 0 Å². The van der Waals surface area contributed by atoms with E-state index in [0.29, 0.717) is 13.0 Å². The second-order valence-corrected chi connectivity index (χ2v) is 4.93. The molecule has 2 aromatic rings. The Labute approximate surface area is 118 Å². The fourth-order valence-corrected chi connectivity index (χ4v) is 2.38. The number of pyridine rings is 1. The van der Waals surface area contributed by atoms with Gasteiger partial charge in [0.1, 0.15) is 5.75 Å². The summed E-state index contributed by atoms with van der Waals surface area (Å²) in [5, 5.41) is 0. The molecule has 1 aliphatic rings. The van der Waals surface area contributed by atoms with E-state index in [9.17, 15) is 4.79 Å². The van der Waals surface area contributed by atoms with Gasteiger partial charge in [-0.1, -0.05) is 24.3 Å². The van der Waals surface area contributed by atoms with Crippen LogP contribution in [-0.4, -0.2) is 28.9 Å². The first-order chi connectivity index (χ1) is 9.74. The van der Waals surface area contributed by atoms with E-state index >= 15 is 0 Å². The monoisotopic (exact) mass is 268 g/mol. The maximum atomic E-state index is 12.4. The predicted molar refractivity (Wildman–Crippen MR) is 75.3 cm³/mol. The Balaban J connectivity index is 1.66. The van der Waals surface area contributed by atoms with Gasteiger partial charge >= 0.3 is 0 Å². The van der Waals surface area contributed by atoms with Gasteiger partial charge in [-0.3, -0.25) is 9.78 Å². The van der Waals surface area contributed by atoms with Gasteiger partial charge in [0.25, 0.3) is 5.91 Å². The van der Waals surface area contributed by atoms with Crippen LogP contribution in [0, 0.1) is 0 Å². The Morgan fingerprint density at radius 2 is 2.10 bits per heavy atom. The highest BCUT2D eigenvalue weighted by Crippen LogP contribution is 2.28. The number of ether oxygens (including phenoxy) is 1. The molecule has 1 aromatic carbocycles. The summed E-state index contributed by atoms with van der Waals surface area (Å²) in [6, 6.07) is 13.5. The standard InChI is InChI=1S/C16H16N2O2/c1-18(11-13-7-4-5-9-17-13)16(19)15-10-12-6-2-3-8-14(12)20-15/h2-9,15H,10-11H2,1H3. The molecule has 1 aliphatic heterocycles. The predicted octanol–water partition coefficient (Wildman–Crippen LogP) is 2.04. The molecule has 1 unspecified atom stereocenters. The fraction of sp³-hybridized carbons (Fsp3) is 0.250. The van der Waals surface area contributed by atoms with Crippen molar-refractivity contribution in [3.63, 3.8) is 0 Å². The summed E-state index contributed by atoms with van der Waals surface area (Å²) in [4.78, 5) is 18.3. The third kappa shape index (κ3) is 2.50. The molecule has 0 aliphatic carbocycles. The largest absolute Gasteiger partial charge is 0.480 e. The summed E-state index contributed by atoms with van der Waals surface area (Å²) < 4.78 is 5.72. The summed E-state index contributed by atoms with van der Waals surface area (Å²) >= 11 is 0. The van der Waals surface area contributed by atoms with E-state index < -0.39 is 6.10 Å². The van der Waals surface area contributed by atoms with Gasteiger partial charge in [-0.05, 0) is 23.8 Å². The lowest BCUT2D eigenvalue weighted by Gasteiger charge is -2.20. The van der Waals surface area contributed by atoms with E-state index in [1.165, 1.54) is 0 Å². The van der Waals surface area contributed by atoms with Crippen molar-refractivity contribution in [1.82, 2.24) is 9.88 Å². The minimum absolute atomic E-state index is 0.00754. The number of fused-ring (bicyclic) bond motifs is 1. The Morgan fingerprint density at radius 1 is 1.30 bits per heavy atom. The summed E-state index contributed by atoms with van der Waals surface area (Å²) in [5.74, 6) is 0.809. The number of para-hydroxylation sites is 1. The molecule has 4 nitrogen and oxygen atoms in total. The molecule has 20 heavy (non-hydrogen) atoms. The number of rotatable bonds is 3. The maximum Gasteiger partial charge on any atom is 0.264 e. The molecule has 0 N–H and O–H groups in total.